The second-order valence-electron chi connectivity index (χ2n) is 4.55. The molecule has 0 fully saturated rings. The van der Waals surface area contributed by atoms with Gasteiger partial charge in [-0.15, -0.1) is 0 Å². The van der Waals surface area contributed by atoms with E-state index in [1.807, 2.05) is 33.8 Å². The van der Waals surface area contributed by atoms with E-state index in [1.54, 1.807) is 12.1 Å². The zero-order valence-corrected chi connectivity index (χ0v) is 9.09. The Morgan fingerprint density at radius 2 is 1.86 bits per heavy atom. The maximum absolute atomic E-state index is 11.0. The maximum Gasteiger partial charge on any atom is 0.335 e. The smallest absolute Gasteiger partial charge is 0.335 e. The molecule has 0 aromatic heterocycles. The van der Waals surface area contributed by atoms with Gasteiger partial charge in [-0.3, -0.25) is 0 Å². The molecule has 2 nitrogen and oxygen atoms in total. The highest BCUT2D eigenvalue weighted by Gasteiger charge is 2.22. The van der Waals surface area contributed by atoms with Crippen LogP contribution in [0.25, 0.3) is 0 Å². The van der Waals surface area contributed by atoms with Gasteiger partial charge in [-0.1, -0.05) is 32.9 Å². The summed E-state index contributed by atoms with van der Waals surface area (Å²) in [5.41, 5.74) is 2.25. The topological polar surface area (TPSA) is 37.3 Å². The van der Waals surface area contributed by atoms with Crippen molar-refractivity contribution in [2.75, 3.05) is 0 Å². The fourth-order valence-corrected chi connectivity index (χ4v) is 1.84. The predicted molar refractivity (Wildman–Crippen MR) is 56.8 cm³/mol. The van der Waals surface area contributed by atoms with Crippen molar-refractivity contribution < 1.29 is 9.90 Å². The zero-order chi connectivity index (χ0) is 10.9. The van der Waals surface area contributed by atoms with Crippen LogP contribution in [0.1, 0.15) is 42.3 Å². The Morgan fingerprint density at radius 3 is 2.21 bits per heavy atom. The molecule has 0 saturated heterocycles. The lowest BCUT2D eigenvalue weighted by atomic mass is 9.81. The van der Waals surface area contributed by atoms with E-state index in [4.69, 9.17) is 5.11 Å². The molecule has 0 spiro atoms. The van der Waals surface area contributed by atoms with Gasteiger partial charge in [-0.2, -0.15) is 0 Å². The third kappa shape index (κ3) is 1.95. The van der Waals surface area contributed by atoms with Gasteiger partial charge in [0.15, 0.2) is 0 Å². The van der Waals surface area contributed by atoms with Crippen LogP contribution in [0, 0.1) is 6.92 Å². The summed E-state index contributed by atoms with van der Waals surface area (Å²) >= 11 is 0. The van der Waals surface area contributed by atoms with Gasteiger partial charge in [0.2, 0.25) is 0 Å². The molecule has 0 unspecified atom stereocenters. The molecule has 0 bridgehead atoms. The van der Waals surface area contributed by atoms with Crippen molar-refractivity contribution >= 4 is 5.97 Å². The summed E-state index contributed by atoms with van der Waals surface area (Å²) in [5.74, 6) is -0.848. The summed E-state index contributed by atoms with van der Waals surface area (Å²) in [6.45, 7) is 8.04. The Morgan fingerprint density at radius 1 is 1.29 bits per heavy atom. The van der Waals surface area contributed by atoms with E-state index in [2.05, 4.69) is 0 Å². The van der Waals surface area contributed by atoms with Crippen molar-refractivity contribution in [3.8, 4) is 0 Å². The molecule has 14 heavy (non-hydrogen) atoms. The van der Waals surface area contributed by atoms with E-state index in [9.17, 15) is 4.79 Å². The lowest BCUT2D eigenvalue weighted by Crippen LogP contribution is -2.18. The van der Waals surface area contributed by atoms with Gasteiger partial charge in [-0.25, -0.2) is 4.79 Å². The highest BCUT2D eigenvalue weighted by Crippen LogP contribution is 2.28. The van der Waals surface area contributed by atoms with Crippen molar-refractivity contribution in [2.45, 2.75) is 33.1 Å². The minimum atomic E-state index is -0.848. The minimum Gasteiger partial charge on any atom is -0.478 e. The second-order valence-corrected chi connectivity index (χ2v) is 4.55. The van der Waals surface area contributed by atoms with Crippen LogP contribution in [0.3, 0.4) is 0 Å². The van der Waals surface area contributed by atoms with Gasteiger partial charge in [0.1, 0.15) is 0 Å². The number of aryl methyl sites for hydroxylation is 1. The highest BCUT2D eigenvalue weighted by molar-refractivity contribution is 5.90. The van der Waals surface area contributed by atoms with Gasteiger partial charge >= 0.3 is 5.97 Å². The van der Waals surface area contributed by atoms with Crippen molar-refractivity contribution in [1.29, 1.82) is 0 Å². The van der Waals surface area contributed by atoms with Crippen molar-refractivity contribution in [3.63, 3.8) is 0 Å². The zero-order valence-electron chi connectivity index (χ0n) is 9.09. The molecule has 1 aromatic carbocycles. The number of hydrogen-bond donors (Lipinski definition) is 1. The van der Waals surface area contributed by atoms with Gasteiger partial charge in [0.05, 0.1) is 5.56 Å². The number of aromatic carboxylic acids is 1. The molecule has 76 valence electrons. The fourth-order valence-electron chi connectivity index (χ4n) is 1.84. The normalized spacial score (nSPS) is 11.4. The molecule has 0 saturated carbocycles. The number of benzene rings is 1. The summed E-state index contributed by atoms with van der Waals surface area (Å²) < 4.78 is 0. The third-order valence-electron chi connectivity index (χ3n) is 2.25. The average Bonchev–Trinajstić information content (AvgIpc) is 2.01. The summed E-state index contributed by atoms with van der Waals surface area (Å²) in [5, 5.41) is 9.05. The molecule has 0 heterocycles. The van der Waals surface area contributed by atoms with Crippen LogP contribution < -0.4 is 0 Å². The lowest BCUT2D eigenvalue weighted by Gasteiger charge is -2.23. The van der Waals surface area contributed by atoms with Gasteiger partial charge in [-0.05, 0) is 29.5 Å². The standard InChI is InChI=1S/C12H16O2/c1-8-6-5-7-9(11(13)14)10(8)12(2,3)4/h5-7H,1-4H3,(H,13,14). The molecule has 0 aliphatic heterocycles. The SMILES string of the molecule is Cc1cccc(C(=O)O)c1C(C)(C)C. The summed E-state index contributed by atoms with van der Waals surface area (Å²) in [6.07, 6.45) is 0. The van der Waals surface area contributed by atoms with E-state index in [0.29, 0.717) is 5.56 Å². The van der Waals surface area contributed by atoms with Crippen molar-refractivity contribution in [1.82, 2.24) is 0 Å². The number of hydrogen-bond acceptors (Lipinski definition) is 1. The van der Waals surface area contributed by atoms with E-state index in [0.717, 1.165) is 11.1 Å². The molecule has 1 rings (SSSR count). The van der Waals surface area contributed by atoms with Crippen LogP contribution >= 0.6 is 0 Å². The summed E-state index contributed by atoms with van der Waals surface area (Å²) in [7, 11) is 0. The summed E-state index contributed by atoms with van der Waals surface area (Å²) in [4.78, 5) is 11.0. The summed E-state index contributed by atoms with van der Waals surface area (Å²) in [6, 6.07) is 5.40. The van der Waals surface area contributed by atoms with E-state index >= 15 is 0 Å². The maximum atomic E-state index is 11.0. The number of carboxylic acid groups (broad SMARTS) is 1. The third-order valence-corrected chi connectivity index (χ3v) is 2.25. The van der Waals surface area contributed by atoms with Gasteiger partial charge in [0, 0.05) is 0 Å². The van der Waals surface area contributed by atoms with Gasteiger partial charge in [0.25, 0.3) is 0 Å². The molecule has 0 atom stereocenters. The van der Waals surface area contributed by atoms with Crippen LogP contribution in [0.4, 0.5) is 0 Å². The van der Waals surface area contributed by atoms with Crippen LogP contribution in [0.15, 0.2) is 18.2 Å². The molecule has 1 N–H and O–H groups in total. The van der Waals surface area contributed by atoms with Crippen molar-refractivity contribution in [2.24, 2.45) is 0 Å². The molecule has 0 radical (unpaired) electrons. The molecular weight excluding hydrogens is 176 g/mol. The fraction of sp³-hybridized carbons (Fsp3) is 0.417. The van der Waals surface area contributed by atoms with E-state index in [-0.39, 0.29) is 5.41 Å². The molecular formula is C12H16O2. The Labute approximate surface area is 84.6 Å². The first-order chi connectivity index (χ1) is 6.34. The van der Waals surface area contributed by atoms with Crippen LogP contribution in [-0.4, -0.2) is 11.1 Å². The first-order valence-electron chi connectivity index (χ1n) is 4.67. The molecule has 0 aliphatic rings. The highest BCUT2D eigenvalue weighted by atomic mass is 16.4. The molecule has 1 aromatic rings. The Balaban J connectivity index is 3.45. The minimum absolute atomic E-state index is 0.126. The quantitative estimate of drug-likeness (QED) is 0.742. The van der Waals surface area contributed by atoms with Crippen LogP contribution in [0.5, 0.6) is 0 Å². The van der Waals surface area contributed by atoms with Crippen LogP contribution in [0.2, 0.25) is 0 Å². The van der Waals surface area contributed by atoms with Crippen LogP contribution in [-0.2, 0) is 5.41 Å². The Kier molecular flexibility index (Phi) is 2.65. The lowest BCUT2D eigenvalue weighted by molar-refractivity contribution is 0.0694. The molecule has 0 aliphatic carbocycles. The average molecular weight is 192 g/mol. The monoisotopic (exact) mass is 192 g/mol. The molecule has 0 amide bonds. The number of carboxylic acids is 1. The first-order valence-corrected chi connectivity index (χ1v) is 4.67. The van der Waals surface area contributed by atoms with Gasteiger partial charge < -0.3 is 5.11 Å². The number of carbonyl (C=O) groups is 1. The largest absolute Gasteiger partial charge is 0.478 e. The Hall–Kier alpha value is -1.31. The van der Waals surface area contributed by atoms with Crippen molar-refractivity contribution in [3.05, 3.63) is 34.9 Å². The predicted octanol–water partition coefficient (Wildman–Crippen LogP) is 2.99. The Bertz CT molecular complexity index is 359. The van der Waals surface area contributed by atoms with E-state index < -0.39 is 5.97 Å². The first kappa shape index (κ1) is 10.8. The molecule has 2 heteroatoms. The second kappa shape index (κ2) is 3.45. The number of rotatable bonds is 1. The van der Waals surface area contributed by atoms with E-state index in [1.165, 1.54) is 0 Å².